The minimum absolute atomic E-state index is 0.00264. The number of nitrogens with one attached hydrogen (secondary N) is 3. The van der Waals surface area contributed by atoms with E-state index in [1.165, 1.54) is 0 Å². The van der Waals surface area contributed by atoms with Gasteiger partial charge in [0.25, 0.3) is 5.91 Å². The standard InChI is InChI=1S/C14H19N5O3/c1-2-9-8-7-19(6-5-10(8)18-17-9)12(20)4-3-11-13(21)16-14(22)15-11/h11H,2-7H2,1H3,(H,17,18)(H2,15,16,21,22)/t11-/m1/s1. The lowest BCUT2D eigenvalue weighted by molar-refractivity contribution is -0.132. The molecular formula is C14H19N5O3. The molecule has 0 saturated carbocycles. The molecule has 0 spiro atoms. The Balaban J connectivity index is 1.57. The van der Waals surface area contributed by atoms with Crippen LogP contribution in [0.3, 0.4) is 0 Å². The second kappa shape index (κ2) is 5.78. The summed E-state index contributed by atoms with van der Waals surface area (Å²) in [5.41, 5.74) is 3.24. The van der Waals surface area contributed by atoms with E-state index in [0.29, 0.717) is 19.5 Å². The number of amides is 4. The number of aromatic nitrogens is 2. The molecule has 0 aromatic carbocycles. The summed E-state index contributed by atoms with van der Waals surface area (Å²) in [4.78, 5) is 36.6. The number of rotatable bonds is 4. The number of hydrogen-bond acceptors (Lipinski definition) is 4. The number of carbonyl (C=O) groups is 3. The second-order valence-corrected chi connectivity index (χ2v) is 5.60. The fourth-order valence-electron chi connectivity index (χ4n) is 2.95. The lowest BCUT2D eigenvalue weighted by atomic mass is 10.0. The molecule has 1 fully saturated rings. The molecule has 8 nitrogen and oxygen atoms in total. The van der Waals surface area contributed by atoms with Crippen LogP contribution in [-0.2, 0) is 29.0 Å². The van der Waals surface area contributed by atoms with Gasteiger partial charge >= 0.3 is 6.03 Å². The Hall–Kier alpha value is -2.38. The smallest absolute Gasteiger partial charge is 0.322 e. The fourth-order valence-corrected chi connectivity index (χ4v) is 2.95. The Morgan fingerprint density at radius 1 is 1.41 bits per heavy atom. The molecule has 0 radical (unpaired) electrons. The normalized spacial score (nSPS) is 20.6. The van der Waals surface area contributed by atoms with Crippen molar-refractivity contribution in [1.82, 2.24) is 25.7 Å². The summed E-state index contributed by atoms with van der Waals surface area (Å²) < 4.78 is 0. The minimum Gasteiger partial charge on any atom is -0.338 e. The number of carbonyl (C=O) groups excluding carboxylic acids is 3. The third-order valence-electron chi connectivity index (χ3n) is 4.21. The summed E-state index contributed by atoms with van der Waals surface area (Å²) in [6, 6.07) is -1.09. The number of urea groups is 1. The minimum atomic E-state index is -0.600. The van der Waals surface area contributed by atoms with Crippen molar-refractivity contribution in [3.63, 3.8) is 0 Å². The number of aromatic amines is 1. The van der Waals surface area contributed by atoms with Crippen LogP contribution in [-0.4, -0.2) is 45.5 Å². The zero-order chi connectivity index (χ0) is 15.7. The fraction of sp³-hybridized carbons (Fsp3) is 0.571. The van der Waals surface area contributed by atoms with E-state index in [2.05, 4.69) is 20.8 Å². The van der Waals surface area contributed by atoms with Gasteiger partial charge in [0.05, 0.1) is 5.69 Å². The number of imide groups is 1. The Morgan fingerprint density at radius 2 is 2.23 bits per heavy atom. The summed E-state index contributed by atoms with van der Waals surface area (Å²) in [6.07, 6.45) is 2.18. The SMILES string of the molecule is CCc1n[nH]c2c1CN(C(=O)CC[C@H]1NC(=O)NC1=O)CC2. The molecule has 3 N–H and O–H groups in total. The van der Waals surface area contributed by atoms with E-state index in [4.69, 9.17) is 0 Å². The Labute approximate surface area is 127 Å². The molecule has 0 aliphatic carbocycles. The average Bonchev–Trinajstić information content (AvgIpc) is 3.06. The van der Waals surface area contributed by atoms with Crippen LogP contribution in [0.2, 0.25) is 0 Å². The predicted molar refractivity (Wildman–Crippen MR) is 76.8 cm³/mol. The van der Waals surface area contributed by atoms with Crippen LogP contribution in [0.5, 0.6) is 0 Å². The van der Waals surface area contributed by atoms with Crippen molar-refractivity contribution in [2.24, 2.45) is 0 Å². The van der Waals surface area contributed by atoms with Gasteiger partial charge in [-0.05, 0) is 12.8 Å². The van der Waals surface area contributed by atoms with Gasteiger partial charge in [-0.1, -0.05) is 6.92 Å². The zero-order valence-corrected chi connectivity index (χ0v) is 12.4. The van der Waals surface area contributed by atoms with Gasteiger partial charge in [0.15, 0.2) is 0 Å². The van der Waals surface area contributed by atoms with Crippen LogP contribution in [0.25, 0.3) is 0 Å². The molecule has 118 valence electrons. The summed E-state index contributed by atoms with van der Waals surface area (Å²) in [5, 5.41) is 12.0. The molecular weight excluding hydrogens is 286 g/mol. The van der Waals surface area contributed by atoms with Crippen molar-refractivity contribution in [2.75, 3.05) is 6.54 Å². The maximum Gasteiger partial charge on any atom is 0.322 e. The molecule has 2 aliphatic heterocycles. The molecule has 4 amide bonds. The second-order valence-electron chi connectivity index (χ2n) is 5.60. The third-order valence-corrected chi connectivity index (χ3v) is 4.21. The van der Waals surface area contributed by atoms with Crippen molar-refractivity contribution >= 4 is 17.8 Å². The third kappa shape index (κ3) is 2.68. The lowest BCUT2D eigenvalue weighted by Crippen LogP contribution is -2.37. The summed E-state index contributed by atoms with van der Waals surface area (Å²) >= 11 is 0. The maximum absolute atomic E-state index is 12.3. The van der Waals surface area contributed by atoms with Crippen LogP contribution in [0.15, 0.2) is 0 Å². The topological polar surface area (TPSA) is 107 Å². The van der Waals surface area contributed by atoms with Crippen LogP contribution in [0, 0.1) is 0 Å². The zero-order valence-electron chi connectivity index (χ0n) is 12.4. The van der Waals surface area contributed by atoms with Gasteiger partial charge in [0.2, 0.25) is 5.91 Å². The van der Waals surface area contributed by atoms with E-state index in [9.17, 15) is 14.4 Å². The van der Waals surface area contributed by atoms with E-state index >= 15 is 0 Å². The predicted octanol–water partition coefficient (Wildman–Crippen LogP) is -0.155. The molecule has 1 aromatic heterocycles. The first-order chi connectivity index (χ1) is 10.6. The van der Waals surface area contributed by atoms with E-state index in [1.54, 1.807) is 4.90 Å². The first kappa shape index (κ1) is 14.6. The Bertz CT molecular complexity index is 610. The molecule has 22 heavy (non-hydrogen) atoms. The highest BCUT2D eigenvalue weighted by atomic mass is 16.2. The van der Waals surface area contributed by atoms with Crippen LogP contribution < -0.4 is 10.6 Å². The van der Waals surface area contributed by atoms with Gasteiger partial charge < -0.3 is 10.2 Å². The first-order valence-electron chi connectivity index (χ1n) is 7.52. The van der Waals surface area contributed by atoms with Gasteiger partial charge in [-0.15, -0.1) is 0 Å². The summed E-state index contributed by atoms with van der Waals surface area (Å²) in [5.74, 6) is -0.357. The van der Waals surface area contributed by atoms with Gasteiger partial charge in [-0.2, -0.15) is 5.10 Å². The highest BCUT2D eigenvalue weighted by Crippen LogP contribution is 2.21. The van der Waals surface area contributed by atoms with Crippen LogP contribution in [0.4, 0.5) is 4.79 Å². The number of aryl methyl sites for hydroxylation is 1. The van der Waals surface area contributed by atoms with E-state index in [1.807, 2.05) is 6.92 Å². The average molecular weight is 305 g/mol. The van der Waals surface area contributed by atoms with Crippen molar-refractivity contribution in [3.8, 4) is 0 Å². The van der Waals surface area contributed by atoms with Crippen molar-refractivity contribution in [1.29, 1.82) is 0 Å². The monoisotopic (exact) mass is 305 g/mol. The number of fused-ring (bicyclic) bond motifs is 1. The van der Waals surface area contributed by atoms with Gasteiger partial charge in [-0.3, -0.25) is 20.0 Å². The molecule has 1 saturated heterocycles. The molecule has 1 aromatic rings. The molecule has 0 unspecified atom stereocenters. The Morgan fingerprint density at radius 3 is 2.91 bits per heavy atom. The van der Waals surface area contributed by atoms with E-state index < -0.39 is 12.1 Å². The number of nitrogens with zero attached hydrogens (tertiary/aromatic N) is 2. The maximum atomic E-state index is 12.3. The van der Waals surface area contributed by atoms with Crippen LogP contribution >= 0.6 is 0 Å². The summed E-state index contributed by atoms with van der Waals surface area (Å²) in [7, 11) is 0. The summed E-state index contributed by atoms with van der Waals surface area (Å²) in [6.45, 7) is 3.26. The molecule has 2 aliphatic rings. The highest BCUT2D eigenvalue weighted by molar-refractivity contribution is 6.04. The molecule has 3 heterocycles. The van der Waals surface area contributed by atoms with Gasteiger partial charge in [0, 0.05) is 37.2 Å². The van der Waals surface area contributed by atoms with Crippen molar-refractivity contribution < 1.29 is 14.4 Å². The largest absolute Gasteiger partial charge is 0.338 e. The number of H-pyrrole nitrogens is 1. The van der Waals surface area contributed by atoms with Gasteiger partial charge in [0.1, 0.15) is 6.04 Å². The van der Waals surface area contributed by atoms with Crippen molar-refractivity contribution in [2.45, 2.75) is 45.2 Å². The Kier molecular flexibility index (Phi) is 3.82. The molecule has 1 atom stereocenters. The number of hydrogen-bond donors (Lipinski definition) is 3. The highest BCUT2D eigenvalue weighted by Gasteiger charge is 2.31. The van der Waals surface area contributed by atoms with E-state index in [-0.39, 0.29) is 18.2 Å². The molecule has 3 rings (SSSR count). The van der Waals surface area contributed by atoms with Crippen LogP contribution in [0.1, 0.15) is 36.7 Å². The van der Waals surface area contributed by atoms with E-state index in [0.717, 1.165) is 29.8 Å². The quantitative estimate of drug-likeness (QED) is 0.672. The molecule has 0 bridgehead atoms. The molecule has 8 heteroatoms. The van der Waals surface area contributed by atoms with Gasteiger partial charge in [-0.25, -0.2) is 4.79 Å². The lowest BCUT2D eigenvalue weighted by Gasteiger charge is -2.27. The first-order valence-corrected chi connectivity index (χ1v) is 7.52. The van der Waals surface area contributed by atoms with Crippen molar-refractivity contribution in [3.05, 3.63) is 17.0 Å².